The molecule has 1 aliphatic rings. The number of piperidine rings is 1. The summed E-state index contributed by atoms with van der Waals surface area (Å²) in [4.78, 5) is 26.8. The van der Waals surface area contributed by atoms with Crippen LogP contribution in [0.4, 0.5) is 4.39 Å². The van der Waals surface area contributed by atoms with Crippen LogP contribution in [0.15, 0.2) is 53.4 Å². The van der Waals surface area contributed by atoms with Crippen molar-refractivity contribution in [3.63, 3.8) is 0 Å². The maximum absolute atomic E-state index is 13.6. The Hall–Kier alpha value is -2.34. The molecule has 4 nitrogen and oxygen atoms in total. The van der Waals surface area contributed by atoms with Crippen LogP contribution in [0.1, 0.15) is 28.8 Å². The first kappa shape index (κ1) is 18.5. The largest absolute Gasteiger partial charge is 0.481 e. The minimum Gasteiger partial charge on any atom is -0.481 e. The second-order valence-corrected chi connectivity index (χ2v) is 7.24. The van der Waals surface area contributed by atoms with Gasteiger partial charge in [-0.3, -0.25) is 9.59 Å². The van der Waals surface area contributed by atoms with Crippen LogP contribution < -0.4 is 0 Å². The van der Waals surface area contributed by atoms with Gasteiger partial charge in [0.05, 0.1) is 5.41 Å². The van der Waals surface area contributed by atoms with E-state index in [1.807, 2.05) is 30.3 Å². The zero-order chi connectivity index (χ0) is 18.7. The Morgan fingerprint density at radius 3 is 2.35 bits per heavy atom. The first-order chi connectivity index (χ1) is 12.5. The van der Waals surface area contributed by atoms with E-state index in [0.717, 1.165) is 5.56 Å². The van der Waals surface area contributed by atoms with Gasteiger partial charge in [-0.1, -0.05) is 30.3 Å². The molecule has 2 aromatic carbocycles. The van der Waals surface area contributed by atoms with Crippen LogP contribution in [0.25, 0.3) is 0 Å². The lowest BCUT2D eigenvalue weighted by atomic mass is 9.73. The summed E-state index contributed by atoms with van der Waals surface area (Å²) < 4.78 is 13.6. The quantitative estimate of drug-likeness (QED) is 0.828. The van der Waals surface area contributed by atoms with Gasteiger partial charge in [-0.15, -0.1) is 11.8 Å². The topological polar surface area (TPSA) is 57.6 Å². The summed E-state index contributed by atoms with van der Waals surface area (Å²) in [7, 11) is 0. The molecule has 0 aliphatic carbocycles. The number of carbonyl (C=O) groups excluding carboxylic acids is 1. The van der Waals surface area contributed by atoms with Crippen LogP contribution >= 0.6 is 11.8 Å². The lowest BCUT2D eigenvalue weighted by Gasteiger charge is -2.39. The van der Waals surface area contributed by atoms with Gasteiger partial charge in [0.2, 0.25) is 0 Å². The molecule has 0 radical (unpaired) electrons. The summed E-state index contributed by atoms with van der Waals surface area (Å²) in [6, 6.07) is 13.5. The number of rotatable bonds is 4. The van der Waals surface area contributed by atoms with Crippen molar-refractivity contribution in [3.05, 3.63) is 65.5 Å². The van der Waals surface area contributed by atoms with Gasteiger partial charge in [0.25, 0.3) is 5.91 Å². The highest BCUT2D eigenvalue weighted by Gasteiger charge is 2.43. The molecule has 26 heavy (non-hydrogen) atoms. The van der Waals surface area contributed by atoms with E-state index in [0.29, 0.717) is 36.4 Å². The number of amides is 1. The molecule has 1 amide bonds. The van der Waals surface area contributed by atoms with Crippen LogP contribution in [-0.4, -0.2) is 41.2 Å². The van der Waals surface area contributed by atoms with Crippen molar-refractivity contribution in [2.24, 2.45) is 0 Å². The molecule has 0 atom stereocenters. The lowest BCUT2D eigenvalue weighted by molar-refractivity contribution is -0.145. The van der Waals surface area contributed by atoms with E-state index in [2.05, 4.69) is 0 Å². The van der Waals surface area contributed by atoms with E-state index in [1.165, 1.54) is 23.9 Å². The van der Waals surface area contributed by atoms with E-state index >= 15 is 0 Å². The highest BCUT2D eigenvalue weighted by Crippen LogP contribution is 2.36. The maximum Gasteiger partial charge on any atom is 0.314 e. The van der Waals surface area contributed by atoms with Crippen molar-refractivity contribution < 1.29 is 19.1 Å². The van der Waals surface area contributed by atoms with Crippen LogP contribution in [0.5, 0.6) is 0 Å². The summed E-state index contributed by atoms with van der Waals surface area (Å²) in [6.07, 6.45) is 2.47. The Morgan fingerprint density at radius 2 is 1.77 bits per heavy atom. The number of hydrogen-bond donors (Lipinski definition) is 1. The van der Waals surface area contributed by atoms with Crippen molar-refractivity contribution in [1.29, 1.82) is 0 Å². The molecule has 0 unspecified atom stereocenters. The van der Waals surface area contributed by atoms with E-state index < -0.39 is 11.4 Å². The van der Waals surface area contributed by atoms with Gasteiger partial charge in [0.1, 0.15) is 5.82 Å². The molecule has 1 saturated heterocycles. The van der Waals surface area contributed by atoms with Crippen LogP contribution in [-0.2, 0) is 10.2 Å². The molecule has 0 saturated carbocycles. The number of carboxylic acids is 1. The van der Waals surface area contributed by atoms with E-state index in [1.54, 1.807) is 17.2 Å². The third-order valence-electron chi connectivity index (χ3n) is 5.04. The molecule has 3 rings (SSSR count). The number of hydrogen-bond acceptors (Lipinski definition) is 3. The first-order valence-corrected chi connectivity index (χ1v) is 9.62. The van der Waals surface area contributed by atoms with Crippen molar-refractivity contribution >= 4 is 23.6 Å². The molecule has 0 bridgehead atoms. The number of carbonyl (C=O) groups is 2. The van der Waals surface area contributed by atoms with Gasteiger partial charge >= 0.3 is 5.97 Å². The van der Waals surface area contributed by atoms with Crippen molar-refractivity contribution in [3.8, 4) is 0 Å². The number of likely N-dealkylation sites (tertiary alicyclic amines) is 1. The third-order valence-corrected chi connectivity index (χ3v) is 5.79. The normalized spacial score (nSPS) is 16.3. The van der Waals surface area contributed by atoms with E-state index in [-0.39, 0.29) is 11.7 Å². The smallest absolute Gasteiger partial charge is 0.314 e. The number of thioether (sulfide) groups is 1. The molecule has 1 heterocycles. The molecule has 1 N–H and O–H groups in total. The van der Waals surface area contributed by atoms with Gasteiger partial charge in [-0.25, -0.2) is 4.39 Å². The van der Waals surface area contributed by atoms with Gasteiger partial charge < -0.3 is 10.0 Å². The average molecular weight is 373 g/mol. The minimum atomic E-state index is -0.967. The van der Waals surface area contributed by atoms with Crippen molar-refractivity contribution in [2.45, 2.75) is 23.2 Å². The molecule has 6 heteroatoms. The molecule has 0 spiro atoms. The van der Waals surface area contributed by atoms with Gasteiger partial charge in [0.15, 0.2) is 0 Å². The van der Waals surface area contributed by atoms with Crippen LogP contribution in [0, 0.1) is 5.82 Å². The summed E-state index contributed by atoms with van der Waals surface area (Å²) in [5.41, 5.74) is 0.231. The summed E-state index contributed by atoms with van der Waals surface area (Å²) in [5.74, 6) is -1.39. The number of carboxylic acid groups (broad SMARTS) is 1. The van der Waals surface area contributed by atoms with Crippen molar-refractivity contribution in [2.75, 3.05) is 19.3 Å². The Labute approximate surface area is 156 Å². The fourth-order valence-electron chi connectivity index (χ4n) is 3.45. The minimum absolute atomic E-state index is 0.188. The predicted octanol–water partition coefficient (Wildman–Crippen LogP) is 3.81. The Kier molecular flexibility index (Phi) is 5.32. The monoisotopic (exact) mass is 373 g/mol. The molecule has 2 aromatic rings. The van der Waals surface area contributed by atoms with Gasteiger partial charge in [0, 0.05) is 23.5 Å². The fraction of sp³-hybridized carbons (Fsp3) is 0.300. The van der Waals surface area contributed by atoms with Crippen molar-refractivity contribution in [1.82, 2.24) is 4.90 Å². The summed E-state index contributed by atoms with van der Waals surface area (Å²) in [5, 5.41) is 9.84. The predicted molar refractivity (Wildman–Crippen MR) is 99.1 cm³/mol. The molecule has 136 valence electrons. The molecule has 0 aromatic heterocycles. The standard InChI is InChI=1S/C20H20FNO3S/c1-26-17-13-14(7-8-16(17)21)18(23)22-11-9-20(10-12-22,19(24)25)15-5-3-2-4-6-15/h2-8,13H,9-12H2,1H3,(H,24,25). The van der Waals surface area contributed by atoms with Gasteiger partial charge in [-0.2, -0.15) is 0 Å². The summed E-state index contributed by atoms with van der Waals surface area (Å²) in [6.45, 7) is 0.706. The highest BCUT2D eigenvalue weighted by atomic mass is 32.2. The Morgan fingerprint density at radius 1 is 1.12 bits per heavy atom. The number of nitrogens with zero attached hydrogens (tertiary/aromatic N) is 1. The molecular weight excluding hydrogens is 353 g/mol. The Balaban J connectivity index is 1.79. The fourth-order valence-corrected chi connectivity index (χ4v) is 3.96. The maximum atomic E-state index is 13.6. The van der Waals surface area contributed by atoms with Crippen LogP contribution in [0.3, 0.4) is 0 Å². The third kappa shape index (κ3) is 3.33. The average Bonchev–Trinajstić information content (AvgIpc) is 2.68. The zero-order valence-corrected chi connectivity index (χ0v) is 15.3. The second kappa shape index (κ2) is 7.50. The number of benzene rings is 2. The molecule has 1 fully saturated rings. The second-order valence-electron chi connectivity index (χ2n) is 6.39. The Bertz CT molecular complexity index is 817. The van der Waals surface area contributed by atoms with E-state index in [9.17, 15) is 19.1 Å². The highest BCUT2D eigenvalue weighted by molar-refractivity contribution is 7.98. The zero-order valence-electron chi connectivity index (χ0n) is 14.4. The lowest BCUT2D eigenvalue weighted by Crippen LogP contribution is -2.49. The molecule has 1 aliphatic heterocycles. The summed E-state index contributed by atoms with van der Waals surface area (Å²) >= 11 is 1.25. The number of aliphatic carboxylic acids is 1. The SMILES string of the molecule is CSc1cc(C(=O)N2CCC(C(=O)O)(c3ccccc3)CC2)ccc1F. The number of halogens is 1. The van der Waals surface area contributed by atoms with Gasteiger partial charge in [-0.05, 0) is 42.9 Å². The first-order valence-electron chi connectivity index (χ1n) is 8.40. The van der Waals surface area contributed by atoms with E-state index in [4.69, 9.17) is 0 Å². The molecular formula is C20H20FNO3S. The van der Waals surface area contributed by atoms with Crippen LogP contribution in [0.2, 0.25) is 0 Å².